The maximum Gasteiger partial charge on any atom is 0.238 e. The highest BCUT2D eigenvalue weighted by atomic mass is 32.2. The van der Waals surface area contributed by atoms with Gasteiger partial charge >= 0.3 is 0 Å². The highest BCUT2D eigenvalue weighted by Gasteiger charge is 2.20. The number of benzene rings is 1. The first-order valence-corrected chi connectivity index (χ1v) is 10.9. The fraction of sp³-hybridized carbons (Fsp3) is 0.333. The highest BCUT2D eigenvalue weighted by molar-refractivity contribution is 7.89. The fourth-order valence-corrected chi connectivity index (χ4v) is 4.35. The van der Waals surface area contributed by atoms with E-state index in [0.29, 0.717) is 11.4 Å². The van der Waals surface area contributed by atoms with Crippen LogP contribution in [0.4, 0.5) is 5.82 Å². The second-order valence-corrected chi connectivity index (χ2v) is 8.83. The summed E-state index contributed by atoms with van der Waals surface area (Å²) in [5, 5.41) is 5.31. The summed E-state index contributed by atoms with van der Waals surface area (Å²) in [6.45, 7) is 4.07. The van der Waals surface area contributed by atoms with Crippen molar-refractivity contribution < 1.29 is 8.42 Å². The minimum absolute atomic E-state index is 0.0920. The molecule has 1 aliphatic rings. The number of hydrogen-bond donors (Lipinski definition) is 1. The summed E-state index contributed by atoms with van der Waals surface area (Å²) in [5.74, 6) is 0.988. The van der Waals surface area contributed by atoms with Crippen molar-refractivity contribution >= 4 is 39.1 Å². The van der Waals surface area contributed by atoms with Crippen LogP contribution >= 0.6 is 12.2 Å². The Kier molecular flexibility index (Phi) is 4.96. The van der Waals surface area contributed by atoms with E-state index < -0.39 is 10.0 Å². The van der Waals surface area contributed by atoms with Gasteiger partial charge in [0.15, 0.2) is 4.77 Å². The predicted octanol–water partition coefficient (Wildman–Crippen LogP) is 1.53. The van der Waals surface area contributed by atoms with E-state index in [4.69, 9.17) is 17.4 Å². The Morgan fingerprint density at radius 2 is 1.86 bits per heavy atom. The third-order valence-corrected chi connectivity index (χ3v) is 6.54. The van der Waals surface area contributed by atoms with Gasteiger partial charge < -0.3 is 14.0 Å². The Balaban J connectivity index is 1.58. The van der Waals surface area contributed by atoms with Gasteiger partial charge in [-0.1, -0.05) is 6.07 Å². The predicted molar refractivity (Wildman–Crippen MR) is 111 cm³/mol. The highest BCUT2D eigenvalue weighted by Crippen LogP contribution is 2.22. The summed E-state index contributed by atoms with van der Waals surface area (Å²) >= 11 is 5.60. The lowest BCUT2D eigenvalue weighted by Gasteiger charge is -2.35. The molecule has 0 amide bonds. The average molecular weight is 419 g/mol. The first-order valence-electron chi connectivity index (χ1n) is 8.95. The Hall–Kier alpha value is -2.27. The number of fused-ring (bicyclic) bond motifs is 1. The van der Waals surface area contributed by atoms with E-state index in [2.05, 4.69) is 14.8 Å². The smallest absolute Gasteiger partial charge is 0.238 e. The van der Waals surface area contributed by atoms with Crippen LogP contribution in [0.3, 0.4) is 0 Å². The van der Waals surface area contributed by atoms with Gasteiger partial charge in [-0.3, -0.25) is 4.90 Å². The van der Waals surface area contributed by atoms with Crippen molar-refractivity contribution in [3.8, 4) is 0 Å². The van der Waals surface area contributed by atoms with Crippen molar-refractivity contribution in [3.63, 3.8) is 0 Å². The Morgan fingerprint density at radius 3 is 2.50 bits per heavy atom. The molecule has 0 spiro atoms. The van der Waals surface area contributed by atoms with Gasteiger partial charge in [-0.25, -0.2) is 18.5 Å². The number of hydrogen-bond acceptors (Lipinski definition) is 6. The maximum absolute atomic E-state index is 11.8. The molecule has 3 heterocycles. The van der Waals surface area contributed by atoms with Crippen LogP contribution in [0.2, 0.25) is 0 Å². The quantitative estimate of drug-likeness (QED) is 0.647. The molecule has 4 rings (SSSR count). The molecule has 1 saturated heterocycles. The lowest BCUT2D eigenvalue weighted by Crippen LogP contribution is -2.47. The molecule has 10 heteroatoms. The number of nitrogens with two attached hydrogens (primary N) is 1. The number of aryl methyl sites for hydroxylation is 1. The van der Waals surface area contributed by atoms with Gasteiger partial charge in [-0.05, 0) is 42.5 Å². The van der Waals surface area contributed by atoms with Gasteiger partial charge in [0.1, 0.15) is 5.82 Å². The minimum Gasteiger partial charge on any atom is -0.354 e. The van der Waals surface area contributed by atoms with Crippen LogP contribution in [0.25, 0.3) is 11.0 Å². The van der Waals surface area contributed by atoms with E-state index in [0.717, 1.165) is 43.0 Å². The molecule has 28 heavy (non-hydrogen) atoms. The summed E-state index contributed by atoms with van der Waals surface area (Å²) in [6.07, 6.45) is 1.81. The summed E-state index contributed by atoms with van der Waals surface area (Å²) in [7, 11) is -1.88. The van der Waals surface area contributed by atoms with Crippen LogP contribution in [-0.4, -0.2) is 53.6 Å². The lowest BCUT2D eigenvalue weighted by molar-refractivity contribution is 0.207. The van der Waals surface area contributed by atoms with Gasteiger partial charge in [-0.2, -0.15) is 0 Å². The standard InChI is InChI=1S/C18H22N6O2S2/c1-21-15-6-5-14(28(19,25)26)12-16(15)24(18(21)27)13-22-8-10-23(11-9-22)17-4-2-3-7-20-17/h2-7,12H,8-11,13H2,1H3,(H2,19,25,26). The van der Waals surface area contributed by atoms with Gasteiger partial charge in [0.25, 0.3) is 0 Å². The molecule has 0 saturated carbocycles. The van der Waals surface area contributed by atoms with Crippen LogP contribution in [0.5, 0.6) is 0 Å². The van der Waals surface area contributed by atoms with Gasteiger partial charge in [-0.15, -0.1) is 0 Å². The first kappa shape index (κ1) is 19.1. The zero-order chi connectivity index (χ0) is 19.9. The molecule has 148 valence electrons. The zero-order valence-corrected chi connectivity index (χ0v) is 17.2. The largest absolute Gasteiger partial charge is 0.354 e. The number of primary sulfonamides is 1. The molecule has 1 aliphatic heterocycles. The molecule has 3 aromatic rings. The maximum atomic E-state index is 11.8. The minimum atomic E-state index is -3.77. The van der Waals surface area contributed by atoms with Crippen LogP contribution in [0, 0.1) is 4.77 Å². The Bertz CT molecular complexity index is 1160. The van der Waals surface area contributed by atoms with Crippen molar-refractivity contribution in [2.45, 2.75) is 11.6 Å². The van der Waals surface area contributed by atoms with E-state index in [-0.39, 0.29) is 4.90 Å². The van der Waals surface area contributed by atoms with E-state index in [1.165, 1.54) is 6.07 Å². The van der Waals surface area contributed by atoms with Crippen molar-refractivity contribution in [1.82, 2.24) is 19.0 Å². The third kappa shape index (κ3) is 3.55. The number of imidazole rings is 1. The number of nitrogens with zero attached hydrogens (tertiary/aromatic N) is 5. The monoisotopic (exact) mass is 418 g/mol. The van der Waals surface area contributed by atoms with Crippen molar-refractivity contribution in [2.24, 2.45) is 12.2 Å². The Labute approximate surface area is 168 Å². The summed E-state index contributed by atoms with van der Waals surface area (Å²) in [5.41, 5.74) is 1.65. The normalized spacial score (nSPS) is 16.0. The van der Waals surface area contributed by atoms with E-state index in [1.807, 2.05) is 34.4 Å². The molecule has 0 atom stereocenters. The fourth-order valence-electron chi connectivity index (χ4n) is 3.56. The van der Waals surface area contributed by atoms with E-state index in [9.17, 15) is 8.42 Å². The van der Waals surface area contributed by atoms with Gasteiger partial charge in [0.2, 0.25) is 10.0 Å². The van der Waals surface area contributed by atoms with Crippen molar-refractivity contribution in [1.29, 1.82) is 0 Å². The number of aromatic nitrogens is 3. The molecule has 1 fully saturated rings. The number of sulfonamides is 1. The average Bonchev–Trinajstić information content (AvgIpc) is 2.93. The first-order chi connectivity index (χ1) is 13.3. The molecule has 2 N–H and O–H groups in total. The van der Waals surface area contributed by atoms with Crippen molar-refractivity contribution in [3.05, 3.63) is 47.4 Å². The molecule has 0 radical (unpaired) electrons. The lowest BCUT2D eigenvalue weighted by atomic mass is 10.3. The summed E-state index contributed by atoms with van der Waals surface area (Å²) in [4.78, 5) is 9.07. The number of anilines is 1. The number of pyridine rings is 1. The van der Waals surface area contributed by atoms with E-state index in [1.54, 1.807) is 18.3 Å². The van der Waals surface area contributed by atoms with Crippen LogP contribution in [0.15, 0.2) is 47.5 Å². The molecular weight excluding hydrogens is 396 g/mol. The summed E-state index contributed by atoms with van der Waals surface area (Å²) < 4.78 is 28.0. The number of piperazine rings is 1. The van der Waals surface area contributed by atoms with Crippen LogP contribution in [0.1, 0.15) is 0 Å². The molecule has 2 aromatic heterocycles. The van der Waals surface area contributed by atoms with E-state index >= 15 is 0 Å². The topological polar surface area (TPSA) is 89.4 Å². The zero-order valence-electron chi connectivity index (χ0n) is 15.5. The van der Waals surface area contributed by atoms with Crippen molar-refractivity contribution in [2.75, 3.05) is 31.1 Å². The van der Waals surface area contributed by atoms with Crippen LogP contribution < -0.4 is 10.0 Å². The molecule has 0 aliphatic carbocycles. The molecule has 1 aromatic carbocycles. The van der Waals surface area contributed by atoms with Gasteiger partial charge in [0.05, 0.1) is 22.6 Å². The van der Waals surface area contributed by atoms with Gasteiger partial charge in [0, 0.05) is 39.4 Å². The SMILES string of the molecule is Cn1c(=S)n(CN2CCN(c3ccccn3)CC2)c2cc(S(N)(=O)=O)ccc21. The second kappa shape index (κ2) is 7.28. The third-order valence-electron chi connectivity index (χ3n) is 5.13. The molecule has 0 unspecified atom stereocenters. The van der Waals surface area contributed by atoms with Crippen LogP contribution in [-0.2, 0) is 23.7 Å². The second-order valence-electron chi connectivity index (χ2n) is 6.90. The Morgan fingerprint density at radius 1 is 1.11 bits per heavy atom. The molecule has 0 bridgehead atoms. The molecular formula is C18H22N6O2S2. The molecule has 8 nitrogen and oxygen atoms in total. The number of rotatable bonds is 4. The summed E-state index contributed by atoms with van der Waals surface area (Å²) in [6, 6.07) is 10.8.